The molecule has 0 unspecified atom stereocenters. The van der Waals surface area contributed by atoms with Gasteiger partial charge in [0.15, 0.2) is 11.4 Å². The first kappa shape index (κ1) is 15.5. The molecule has 0 aliphatic rings. The molecule has 2 aromatic heterocycles. The number of hydrogen-bond donors (Lipinski definition) is 1. The van der Waals surface area contributed by atoms with Gasteiger partial charge in [-0.3, -0.25) is 4.79 Å². The third kappa shape index (κ3) is 3.16. The van der Waals surface area contributed by atoms with Crippen LogP contribution >= 0.6 is 11.3 Å². The first-order valence-corrected chi connectivity index (χ1v) is 8.68. The van der Waals surface area contributed by atoms with Crippen LogP contribution in [0.25, 0.3) is 21.4 Å². The molecule has 124 valence electrons. The highest BCUT2D eigenvalue weighted by Gasteiger charge is 2.16. The van der Waals surface area contributed by atoms with Crippen molar-refractivity contribution in [2.75, 3.05) is 5.32 Å². The average Bonchev–Trinajstić information content (AvgIpc) is 3.19. The van der Waals surface area contributed by atoms with Gasteiger partial charge in [0, 0.05) is 5.39 Å². The Morgan fingerprint density at radius 1 is 1.12 bits per heavy atom. The van der Waals surface area contributed by atoms with Gasteiger partial charge in [-0.15, -0.1) is 11.3 Å². The summed E-state index contributed by atoms with van der Waals surface area (Å²) in [5.41, 5.74) is 2.34. The topological polar surface area (TPSA) is 68.0 Å². The molecule has 0 radical (unpaired) electrons. The zero-order valence-corrected chi connectivity index (χ0v) is 14.3. The number of benzene rings is 2. The van der Waals surface area contributed by atoms with Crippen molar-refractivity contribution in [1.82, 2.24) is 10.1 Å². The number of nitrogens with one attached hydrogen (secondary N) is 1. The molecule has 1 amide bonds. The summed E-state index contributed by atoms with van der Waals surface area (Å²) < 4.78 is 5.25. The lowest BCUT2D eigenvalue weighted by Gasteiger charge is -2.04. The molecule has 1 N–H and O–H groups in total. The van der Waals surface area contributed by atoms with Gasteiger partial charge >= 0.3 is 0 Å². The van der Waals surface area contributed by atoms with Crippen LogP contribution in [0.2, 0.25) is 0 Å². The Kier molecular flexibility index (Phi) is 4.03. The lowest BCUT2D eigenvalue weighted by Crippen LogP contribution is -2.15. The predicted molar refractivity (Wildman–Crippen MR) is 98.6 cm³/mol. The van der Waals surface area contributed by atoms with Crippen LogP contribution in [0.15, 0.2) is 59.1 Å². The normalized spacial score (nSPS) is 10.9. The van der Waals surface area contributed by atoms with Crippen molar-refractivity contribution in [2.24, 2.45) is 0 Å². The second-order valence-electron chi connectivity index (χ2n) is 5.63. The molecule has 2 heterocycles. The minimum Gasteiger partial charge on any atom is -0.356 e. The molecule has 0 spiro atoms. The van der Waals surface area contributed by atoms with E-state index in [4.69, 9.17) is 4.52 Å². The molecule has 4 aromatic rings. The van der Waals surface area contributed by atoms with Gasteiger partial charge in [-0.1, -0.05) is 47.6 Å². The summed E-state index contributed by atoms with van der Waals surface area (Å²) >= 11 is 1.56. The van der Waals surface area contributed by atoms with Crippen LogP contribution in [0.1, 0.15) is 10.7 Å². The van der Waals surface area contributed by atoms with Crippen LogP contribution in [0.4, 0.5) is 5.82 Å². The van der Waals surface area contributed by atoms with E-state index in [0.29, 0.717) is 17.1 Å². The predicted octanol–water partition coefficient (Wildman–Crippen LogP) is 4.44. The lowest BCUT2D eigenvalue weighted by molar-refractivity contribution is -0.115. The van der Waals surface area contributed by atoms with Crippen molar-refractivity contribution in [3.8, 4) is 10.4 Å². The number of carbonyl (C=O) groups excluding carboxylic acids is 1. The zero-order chi connectivity index (χ0) is 17.2. The van der Waals surface area contributed by atoms with E-state index in [1.54, 1.807) is 11.3 Å². The highest BCUT2D eigenvalue weighted by atomic mass is 32.1. The second kappa shape index (κ2) is 6.49. The first-order chi connectivity index (χ1) is 12.2. The van der Waals surface area contributed by atoms with E-state index >= 15 is 0 Å². The standard InChI is InChI=1S/C19H15N3O2S/c1-12-20-19(18(25-12)13-7-3-2-4-8-13)21-17(23)11-15-14-9-5-6-10-16(14)24-22-15/h2-10H,11H2,1H3,(H,21,23). The van der Waals surface area contributed by atoms with Gasteiger partial charge < -0.3 is 9.84 Å². The molecule has 4 rings (SSSR count). The van der Waals surface area contributed by atoms with Crippen LogP contribution in [0, 0.1) is 6.92 Å². The Morgan fingerprint density at radius 3 is 2.72 bits per heavy atom. The molecule has 0 saturated heterocycles. The molecular formula is C19H15N3O2S. The fourth-order valence-electron chi connectivity index (χ4n) is 2.69. The number of aryl methyl sites for hydroxylation is 1. The molecule has 0 atom stereocenters. The van der Waals surface area contributed by atoms with Gasteiger partial charge in [0.25, 0.3) is 0 Å². The number of amides is 1. The third-order valence-corrected chi connectivity index (χ3v) is 4.83. The molecule has 25 heavy (non-hydrogen) atoms. The molecule has 0 aliphatic carbocycles. The minimum absolute atomic E-state index is 0.141. The molecule has 0 bridgehead atoms. The maximum atomic E-state index is 12.5. The first-order valence-electron chi connectivity index (χ1n) is 7.87. The van der Waals surface area contributed by atoms with Crippen LogP contribution in [0.3, 0.4) is 0 Å². The Hall–Kier alpha value is -2.99. The number of nitrogens with zero attached hydrogens (tertiary/aromatic N) is 2. The number of hydrogen-bond acceptors (Lipinski definition) is 5. The van der Waals surface area contributed by atoms with Crippen molar-refractivity contribution >= 4 is 34.0 Å². The maximum absolute atomic E-state index is 12.5. The van der Waals surface area contributed by atoms with Gasteiger partial charge in [0.05, 0.1) is 16.3 Å². The highest BCUT2D eigenvalue weighted by Crippen LogP contribution is 2.33. The molecule has 5 nitrogen and oxygen atoms in total. The van der Waals surface area contributed by atoms with Gasteiger partial charge in [-0.25, -0.2) is 4.98 Å². The van der Waals surface area contributed by atoms with Gasteiger partial charge in [-0.2, -0.15) is 0 Å². The highest BCUT2D eigenvalue weighted by molar-refractivity contribution is 7.15. The monoisotopic (exact) mass is 349 g/mol. The van der Waals surface area contributed by atoms with E-state index in [1.165, 1.54) is 0 Å². The quantitative estimate of drug-likeness (QED) is 0.591. The fraction of sp³-hybridized carbons (Fsp3) is 0.105. The van der Waals surface area contributed by atoms with E-state index in [1.807, 2.05) is 61.5 Å². The van der Waals surface area contributed by atoms with Crippen molar-refractivity contribution in [2.45, 2.75) is 13.3 Å². The Labute approximate surface area is 148 Å². The van der Waals surface area contributed by atoms with Gasteiger partial charge in [-0.05, 0) is 24.6 Å². The van der Waals surface area contributed by atoms with Crippen molar-refractivity contribution in [3.63, 3.8) is 0 Å². The summed E-state index contributed by atoms with van der Waals surface area (Å²) in [7, 11) is 0. The van der Waals surface area contributed by atoms with Crippen LogP contribution < -0.4 is 5.32 Å². The van der Waals surface area contributed by atoms with E-state index in [-0.39, 0.29) is 12.3 Å². The number of aromatic nitrogens is 2. The summed E-state index contributed by atoms with van der Waals surface area (Å²) in [5.74, 6) is 0.424. The minimum atomic E-state index is -0.165. The fourth-order valence-corrected chi connectivity index (χ4v) is 3.57. The number of fused-ring (bicyclic) bond motifs is 1. The molecule has 0 saturated carbocycles. The largest absolute Gasteiger partial charge is 0.356 e. The molecule has 0 aliphatic heterocycles. The molecular weight excluding hydrogens is 334 g/mol. The molecule has 2 aromatic carbocycles. The number of rotatable bonds is 4. The SMILES string of the molecule is Cc1nc(NC(=O)Cc2noc3ccccc23)c(-c2ccccc2)s1. The smallest absolute Gasteiger partial charge is 0.231 e. The summed E-state index contributed by atoms with van der Waals surface area (Å²) in [4.78, 5) is 17.9. The van der Waals surface area contributed by atoms with Gasteiger partial charge in [0.2, 0.25) is 5.91 Å². The lowest BCUT2D eigenvalue weighted by atomic mass is 10.1. The summed E-state index contributed by atoms with van der Waals surface area (Å²) in [6.45, 7) is 1.93. The van der Waals surface area contributed by atoms with E-state index in [2.05, 4.69) is 15.5 Å². The van der Waals surface area contributed by atoms with Crippen LogP contribution in [0.5, 0.6) is 0 Å². The zero-order valence-electron chi connectivity index (χ0n) is 13.5. The number of para-hydroxylation sites is 1. The van der Waals surface area contributed by atoms with E-state index < -0.39 is 0 Å². The van der Waals surface area contributed by atoms with Crippen molar-refractivity contribution in [3.05, 3.63) is 65.3 Å². The maximum Gasteiger partial charge on any atom is 0.231 e. The van der Waals surface area contributed by atoms with Crippen molar-refractivity contribution < 1.29 is 9.32 Å². The average molecular weight is 349 g/mol. The Morgan fingerprint density at radius 2 is 1.88 bits per heavy atom. The summed E-state index contributed by atoms with van der Waals surface area (Å²) in [6.07, 6.45) is 0.141. The van der Waals surface area contributed by atoms with E-state index in [0.717, 1.165) is 20.8 Å². The Balaban J connectivity index is 1.57. The Bertz CT molecular complexity index is 1040. The van der Waals surface area contributed by atoms with E-state index in [9.17, 15) is 4.79 Å². The third-order valence-electron chi connectivity index (χ3n) is 3.81. The molecule has 6 heteroatoms. The van der Waals surface area contributed by atoms with Crippen LogP contribution in [-0.4, -0.2) is 16.0 Å². The summed E-state index contributed by atoms with van der Waals surface area (Å²) in [6, 6.07) is 17.4. The number of carbonyl (C=O) groups is 1. The number of anilines is 1. The summed E-state index contributed by atoms with van der Waals surface area (Å²) in [5, 5.41) is 8.68. The van der Waals surface area contributed by atoms with Crippen molar-refractivity contribution in [1.29, 1.82) is 0 Å². The number of thiazole rings is 1. The second-order valence-corrected chi connectivity index (χ2v) is 6.83. The van der Waals surface area contributed by atoms with Gasteiger partial charge in [0.1, 0.15) is 5.69 Å². The molecule has 0 fully saturated rings. The van der Waals surface area contributed by atoms with Crippen LogP contribution in [-0.2, 0) is 11.2 Å².